The van der Waals surface area contributed by atoms with Gasteiger partial charge in [0.25, 0.3) is 0 Å². The molecular weight excluding hydrogens is 292 g/mol. The molecule has 0 unspecified atom stereocenters. The van der Waals surface area contributed by atoms with Crippen molar-refractivity contribution in [3.8, 4) is 0 Å². The van der Waals surface area contributed by atoms with Gasteiger partial charge in [-0.15, -0.1) is 12.4 Å². The summed E-state index contributed by atoms with van der Waals surface area (Å²) in [4.78, 5) is 12.0. The number of rotatable bonds is 6. The van der Waals surface area contributed by atoms with E-state index in [1.54, 1.807) is 0 Å². The minimum Gasteiger partial charge on any atom is -0.381 e. The molecule has 1 heterocycles. The highest BCUT2D eigenvalue weighted by Gasteiger charge is 2.35. The first-order valence-corrected chi connectivity index (χ1v) is 6.97. The quantitative estimate of drug-likeness (QED) is 0.775. The number of carbonyl (C=O) groups is 1. The Labute approximate surface area is 131 Å². The molecule has 0 aliphatic carbocycles. The molecule has 0 saturated carbocycles. The molecule has 0 atom stereocenters. The van der Waals surface area contributed by atoms with Crippen molar-refractivity contribution in [2.75, 3.05) is 26.4 Å². The largest absolute Gasteiger partial charge is 0.381 e. The van der Waals surface area contributed by atoms with Crippen LogP contribution in [0.3, 0.4) is 0 Å². The topological polar surface area (TPSA) is 73.6 Å². The minimum atomic E-state index is -0.780. The predicted molar refractivity (Wildman–Crippen MR) is 83.3 cm³/mol. The molecule has 0 radical (unpaired) electrons. The van der Waals surface area contributed by atoms with Crippen molar-refractivity contribution in [2.24, 2.45) is 5.73 Å². The Kier molecular flexibility index (Phi) is 7.67. The van der Waals surface area contributed by atoms with Gasteiger partial charge in [0.15, 0.2) is 0 Å². The van der Waals surface area contributed by atoms with Gasteiger partial charge in [0.1, 0.15) is 0 Å². The Morgan fingerprint density at radius 2 is 1.95 bits per heavy atom. The van der Waals surface area contributed by atoms with Gasteiger partial charge in [-0.25, -0.2) is 0 Å². The molecule has 0 bridgehead atoms. The van der Waals surface area contributed by atoms with Crippen molar-refractivity contribution in [3.05, 3.63) is 35.9 Å². The van der Waals surface area contributed by atoms with Crippen LogP contribution < -0.4 is 11.1 Å². The summed E-state index contributed by atoms with van der Waals surface area (Å²) in [5.41, 5.74) is 6.42. The zero-order valence-electron chi connectivity index (χ0n) is 12.0. The maximum Gasteiger partial charge on any atom is 0.240 e. The van der Waals surface area contributed by atoms with E-state index in [1.165, 1.54) is 0 Å². The highest BCUT2D eigenvalue weighted by molar-refractivity contribution is 5.86. The number of nitrogens with one attached hydrogen (secondary N) is 1. The van der Waals surface area contributed by atoms with Crippen LogP contribution in [0.5, 0.6) is 0 Å². The van der Waals surface area contributed by atoms with E-state index in [-0.39, 0.29) is 18.3 Å². The summed E-state index contributed by atoms with van der Waals surface area (Å²) in [6.07, 6.45) is 1.15. The lowest BCUT2D eigenvalue weighted by molar-refractivity contribution is -0.130. The van der Waals surface area contributed by atoms with Gasteiger partial charge in [-0.05, 0) is 18.4 Å². The van der Waals surface area contributed by atoms with Gasteiger partial charge >= 0.3 is 0 Å². The van der Waals surface area contributed by atoms with Crippen LogP contribution >= 0.6 is 12.4 Å². The molecule has 118 valence electrons. The fourth-order valence-corrected chi connectivity index (χ4v) is 2.14. The van der Waals surface area contributed by atoms with Crippen LogP contribution in [0.4, 0.5) is 0 Å². The molecule has 1 saturated heterocycles. The molecule has 0 spiro atoms. The van der Waals surface area contributed by atoms with Gasteiger partial charge in [-0.2, -0.15) is 0 Å². The Balaban J connectivity index is 0.00000220. The lowest BCUT2D eigenvalue weighted by Gasteiger charge is -2.31. The minimum absolute atomic E-state index is 0. The summed E-state index contributed by atoms with van der Waals surface area (Å²) in [6.45, 7) is 2.61. The summed E-state index contributed by atoms with van der Waals surface area (Å²) in [5, 5.41) is 2.83. The van der Waals surface area contributed by atoms with E-state index >= 15 is 0 Å². The molecule has 0 aromatic heterocycles. The van der Waals surface area contributed by atoms with Crippen LogP contribution in [-0.2, 0) is 20.9 Å². The van der Waals surface area contributed by atoms with Crippen molar-refractivity contribution in [3.63, 3.8) is 0 Å². The van der Waals surface area contributed by atoms with Gasteiger partial charge in [0.2, 0.25) is 5.91 Å². The number of hydrogen-bond donors (Lipinski definition) is 2. The summed E-state index contributed by atoms with van der Waals surface area (Å²) >= 11 is 0. The van der Waals surface area contributed by atoms with Gasteiger partial charge in [0, 0.05) is 19.8 Å². The molecule has 1 aliphatic heterocycles. The Morgan fingerprint density at radius 1 is 1.29 bits per heavy atom. The number of ether oxygens (including phenoxy) is 2. The average Bonchev–Trinajstić information content (AvgIpc) is 2.48. The maximum absolute atomic E-state index is 12.0. The van der Waals surface area contributed by atoms with Gasteiger partial charge in [-0.3, -0.25) is 4.79 Å². The van der Waals surface area contributed by atoms with Crippen LogP contribution in [0.25, 0.3) is 0 Å². The monoisotopic (exact) mass is 314 g/mol. The highest BCUT2D eigenvalue weighted by Crippen LogP contribution is 2.17. The Morgan fingerprint density at radius 3 is 2.62 bits per heavy atom. The number of halogens is 1. The highest BCUT2D eigenvalue weighted by atomic mass is 35.5. The van der Waals surface area contributed by atoms with Gasteiger partial charge in [0.05, 0.1) is 18.8 Å². The lowest BCUT2D eigenvalue weighted by Crippen LogP contribution is -2.57. The summed E-state index contributed by atoms with van der Waals surface area (Å²) in [6, 6.07) is 9.94. The molecule has 2 rings (SSSR count). The summed E-state index contributed by atoms with van der Waals surface area (Å²) < 4.78 is 10.7. The van der Waals surface area contributed by atoms with E-state index in [1.807, 2.05) is 30.3 Å². The van der Waals surface area contributed by atoms with Gasteiger partial charge in [-0.1, -0.05) is 30.3 Å². The number of nitrogens with two attached hydrogens (primary N) is 1. The normalized spacial score (nSPS) is 16.8. The van der Waals surface area contributed by atoms with Crippen LogP contribution in [0.2, 0.25) is 0 Å². The Hall–Kier alpha value is -1.14. The van der Waals surface area contributed by atoms with Crippen LogP contribution in [0.1, 0.15) is 18.4 Å². The third-order valence-electron chi connectivity index (χ3n) is 3.48. The van der Waals surface area contributed by atoms with Crippen molar-refractivity contribution in [1.29, 1.82) is 0 Å². The number of amides is 1. The molecular formula is C15H23ClN2O3. The molecule has 3 N–H and O–H groups in total. The molecule has 21 heavy (non-hydrogen) atoms. The first-order chi connectivity index (χ1) is 9.71. The third-order valence-corrected chi connectivity index (χ3v) is 3.48. The zero-order valence-corrected chi connectivity index (χ0v) is 12.9. The van der Waals surface area contributed by atoms with E-state index in [0.717, 1.165) is 5.56 Å². The van der Waals surface area contributed by atoms with Gasteiger partial charge < -0.3 is 20.5 Å². The van der Waals surface area contributed by atoms with E-state index in [4.69, 9.17) is 15.2 Å². The fourth-order valence-electron chi connectivity index (χ4n) is 2.14. The predicted octanol–water partition coefficient (Wildman–Crippen LogP) is 1.25. The van der Waals surface area contributed by atoms with E-state index < -0.39 is 5.54 Å². The molecule has 1 amide bonds. The standard InChI is InChI=1S/C15H22N2O3.ClH/c16-15(6-9-19-10-7-15)14(18)17-8-11-20-12-13-4-2-1-3-5-13;/h1-5H,6-12,16H2,(H,17,18);1H. The molecule has 1 aliphatic rings. The third kappa shape index (κ3) is 5.63. The second kappa shape index (κ2) is 9.00. The molecule has 5 nitrogen and oxygen atoms in total. The van der Waals surface area contributed by atoms with Crippen LogP contribution in [-0.4, -0.2) is 37.8 Å². The second-order valence-corrected chi connectivity index (χ2v) is 5.06. The van der Waals surface area contributed by atoms with Crippen LogP contribution in [0, 0.1) is 0 Å². The molecule has 1 aromatic rings. The van der Waals surface area contributed by atoms with E-state index in [0.29, 0.717) is 45.8 Å². The number of carbonyl (C=O) groups excluding carboxylic acids is 1. The summed E-state index contributed by atoms with van der Waals surface area (Å²) in [7, 11) is 0. The second-order valence-electron chi connectivity index (χ2n) is 5.06. The van der Waals surface area contributed by atoms with Crippen molar-refractivity contribution in [1.82, 2.24) is 5.32 Å². The molecule has 1 fully saturated rings. The van der Waals surface area contributed by atoms with E-state index in [9.17, 15) is 4.79 Å². The fraction of sp³-hybridized carbons (Fsp3) is 0.533. The van der Waals surface area contributed by atoms with Crippen molar-refractivity contribution in [2.45, 2.75) is 25.0 Å². The summed E-state index contributed by atoms with van der Waals surface area (Å²) in [5.74, 6) is -0.107. The average molecular weight is 315 g/mol. The first-order valence-electron chi connectivity index (χ1n) is 6.97. The maximum atomic E-state index is 12.0. The molecule has 1 aromatic carbocycles. The SMILES string of the molecule is Cl.NC1(C(=O)NCCOCc2ccccc2)CCOCC1. The van der Waals surface area contributed by atoms with Crippen LogP contribution in [0.15, 0.2) is 30.3 Å². The lowest BCUT2D eigenvalue weighted by atomic mass is 9.90. The Bertz CT molecular complexity index is 422. The zero-order chi connectivity index (χ0) is 14.3. The van der Waals surface area contributed by atoms with E-state index in [2.05, 4.69) is 5.32 Å². The smallest absolute Gasteiger partial charge is 0.240 e. The van der Waals surface area contributed by atoms with Crippen molar-refractivity contribution < 1.29 is 14.3 Å². The molecule has 6 heteroatoms. The first kappa shape index (κ1) is 17.9. The number of hydrogen-bond acceptors (Lipinski definition) is 4. The number of benzene rings is 1. The van der Waals surface area contributed by atoms with Crippen molar-refractivity contribution >= 4 is 18.3 Å².